The fourth-order valence-corrected chi connectivity index (χ4v) is 3.52. The number of aromatic hydroxyl groups is 1. The van der Waals surface area contributed by atoms with Gasteiger partial charge in [-0.1, -0.05) is 11.6 Å². The number of nitro groups is 1. The highest BCUT2D eigenvalue weighted by atomic mass is 127. The van der Waals surface area contributed by atoms with Crippen LogP contribution < -0.4 is 10.2 Å². The number of amides is 2. The number of anilines is 1. The number of benzene rings is 2. The Hall–Kier alpha value is -2.57. The molecule has 142 valence electrons. The minimum atomic E-state index is -0.753. The molecule has 1 saturated heterocycles. The molecule has 2 aromatic rings. The lowest BCUT2D eigenvalue weighted by Crippen LogP contribution is -2.54. The van der Waals surface area contributed by atoms with Crippen LogP contribution in [0.25, 0.3) is 6.08 Å². The Labute approximate surface area is 182 Å². The molecule has 0 unspecified atom stereocenters. The van der Waals surface area contributed by atoms with E-state index in [9.17, 15) is 24.8 Å². The van der Waals surface area contributed by atoms with Gasteiger partial charge in [0.15, 0.2) is 5.11 Å². The van der Waals surface area contributed by atoms with Gasteiger partial charge in [-0.15, -0.1) is 0 Å². The van der Waals surface area contributed by atoms with Crippen LogP contribution in [0, 0.1) is 13.7 Å². The molecule has 1 heterocycles. The first-order chi connectivity index (χ1) is 13.2. The summed E-state index contributed by atoms with van der Waals surface area (Å²) in [5.41, 5.74) is -0.195. The van der Waals surface area contributed by atoms with Crippen molar-refractivity contribution in [2.24, 2.45) is 0 Å². The number of phenols is 1. The number of nitrogens with zero attached hydrogens (tertiary/aromatic N) is 2. The number of phenolic OH excluding ortho intramolecular Hbond substituents is 1. The fourth-order valence-electron chi connectivity index (χ4n) is 2.48. The van der Waals surface area contributed by atoms with Gasteiger partial charge >= 0.3 is 5.69 Å². The largest absolute Gasteiger partial charge is 0.501 e. The number of nitro benzene ring substituents is 1. The van der Waals surface area contributed by atoms with Crippen molar-refractivity contribution < 1.29 is 19.6 Å². The van der Waals surface area contributed by atoms with Gasteiger partial charge in [0, 0.05) is 11.1 Å². The van der Waals surface area contributed by atoms with E-state index >= 15 is 0 Å². The minimum absolute atomic E-state index is 0.0965. The average molecular weight is 530 g/mol. The molecule has 3 rings (SSSR count). The second-order valence-corrected chi connectivity index (χ2v) is 7.55. The molecule has 0 aliphatic carbocycles. The van der Waals surface area contributed by atoms with Crippen LogP contribution in [0.5, 0.6) is 5.75 Å². The second-order valence-electron chi connectivity index (χ2n) is 5.56. The summed E-state index contributed by atoms with van der Waals surface area (Å²) in [6.45, 7) is 0. The standard InChI is InChI=1S/C17H9ClIN3O5S/c18-9-1-3-10(4-2-9)21-16(25)11(15(24)20-17(21)28)5-8-6-12(19)14(23)13(7-8)22(26)27/h1-7,23H,(H,20,24,28)/b11-5+. The third-order valence-electron chi connectivity index (χ3n) is 3.76. The molecule has 2 aromatic carbocycles. The third kappa shape index (κ3) is 3.84. The zero-order valence-corrected chi connectivity index (χ0v) is 17.4. The van der Waals surface area contributed by atoms with E-state index in [2.05, 4.69) is 5.32 Å². The molecule has 1 aliphatic heterocycles. The topological polar surface area (TPSA) is 113 Å². The number of carbonyl (C=O) groups is 2. The molecular weight excluding hydrogens is 521 g/mol. The van der Waals surface area contributed by atoms with Crippen LogP contribution >= 0.6 is 46.4 Å². The highest BCUT2D eigenvalue weighted by Gasteiger charge is 2.34. The van der Waals surface area contributed by atoms with Gasteiger partial charge in [0.05, 0.1) is 14.2 Å². The van der Waals surface area contributed by atoms with Crippen molar-refractivity contribution in [3.8, 4) is 5.75 Å². The molecule has 0 radical (unpaired) electrons. The molecule has 0 atom stereocenters. The maximum absolute atomic E-state index is 12.9. The molecule has 1 fully saturated rings. The third-order valence-corrected chi connectivity index (χ3v) is 5.12. The number of hydrogen-bond donors (Lipinski definition) is 2. The number of carbonyl (C=O) groups excluding carboxylic acids is 2. The zero-order valence-electron chi connectivity index (χ0n) is 13.7. The molecule has 28 heavy (non-hydrogen) atoms. The van der Waals surface area contributed by atoms with Crippen LogP contribution in [0.15, 0.2) is 42.0 Å². The summed E-state index contributed by atoms with van der Waals surface area (Å²) in [6.07, 6.45) is 1.21. The molecule has 8 nitrogen and oxygen atoms in total. The first kappa shape index (κ1) is 20.2. The van der Waals surface area contributed by atoms with Gasteiger partial charge in [-0.05, 0) is 76.8 Å². The number of halogens is 2. The Balaban J connectivity index is 2.07. The van der Waals surface area contributed by atoms with Crippen molar-refractivity contribution in [2.45, 2.75) is 0 Å². The predicted molar refractivity (Wildman–Crippen MR) is 115 cm³/mol. The number of hydrogen-bond acceptors (Lipinski definition) is 6. The van der Waals surface area contributed by atoms with E-state index in [0.717, 1.165) is 11.0 Å². The Morgan fingerprint density at radius 3 is 2.50 bits per heavy atom. The van der Waals surface area contributed by atoms with Gasteiger partial charge in [0.1, 0.15) is 5.57 Å². The lowest BCUT2D eigenvalue weighted by molar-refractivity contribution is -0.386. The highest BCUT2D eigenvalue weighted by molar-refractivity contribution is 14.1. The van der Waals surface area contributed by atoms with Crippen LogP contribution in [0.2, 0.25) is 5.02 Å². The van der Waals surface area contributed by atoms with Crippen molar-refractivity contribution in [1.29, 1.82) is 0 Å². The zero-order chi connectivity index (χ0) is 20.6. The van der Waals surface area contributed by atoms with Crippen LogP contribution in [-0.2, 0) is 9.59 Å². The minimum Gasteiger partial charge on any atom is -0.501 e. The van der Waals surface area contributed by atoms with Crippen LogP contribution in [-0.4, -0.2) is 27.0 Å². The smallest absolute Gasteiger partial charge is 0.312 e. The van der Waals surface area contributed by atoms with Crippen molar-refractivity contribution in [1.82, 2.24) is 5.32 Å². The normalized spacial score (nSPS) is 15.7. The lowest BCUT2D eigenvalue weighted by atomic mass is 10.1. The molecule has 2 N–H and O–H groups in total. The van der Waals surface area contributed by atoms with E-state index in [1.165, 1.54) is 12.1 Å². The average Bonchev–Trinajstić information content (AvgIpc) is 2.62. The molecule has 0 aromatic heterocycles. The van der Waals surface area contributed by atoms with Gasteiger partial charge in [-0.25, -0.2) is 0 Å². The van der Waals surface area contributed by atoms with Gasteiger partial charge in [0.25, 0.3) is 11.8 Å². The molecule has 0 bridgehead atoms. The van der Waals surface area contributed by atoms with Gasteiger partial charge in [0.2, 0.25) is 5.75 Å². The Kier molecular flexibility index (Phi) is 5.63. The van der Waals surface area contributed by atoms with Crippen molar-refractivity contribution in [2.75, 3.05) is 4.90 Å². The number of thiocarbonyl (C=S) groups is 1. The van der Waals surface area contributed by atoms with Crippen LogP contribution in [0.4, 0.5) is 11.4 Å². The maximum atomic E-state index is 12.9. The summed E-state index contributed by atoms with van der Waals surface area (Å²) >= 11 is 12.7. The second kappa shape index (κ2) is 7.81. The van der Waals surface area contributed by atoms with Crippen molar-refractivity contribution >= 4 is 80.8 Å². The lowest BCUT2D eigenvalue weighted by Gasteiger charge is -2.28. The quantitative estimate of drug-likeness (QED) is 0.157. The van der Waals surface area contributed by atoms with Gasteiger partial charge in [-0.3, -0.25) is 29.9 Å². The molecule has 1 aliphatic rings. The molecule has 0 spiro atoms. The van der Waals surface area contributed by atoms with Crippen molar-refractivity contribution in [3.63, 3.8) is 0 Å². The summed E-state index contributed by atoms with van der Waals surface area (Å²) in [5, 5.41) is 23.7. The Bertz CT molecular complexity index is 1070. The van der Waals surface area contributed by atoms with E-state index in [4.69, 9.17) is 23.8 Å². The predicted octanol–water partition coefficient (Wildman–Crippen LogP) is 3.39. The summed E-state index contributed by atoms with van der Waals surface area (Å²) in [5.74, 6) is -1.91. The van der Waals surface area contributed by atoms with E-state index in [-0.39, 0.29) is 19.8 Å². The summed E-state index contributed by atoms with van der Waals surface area (Å²) in [7, 11) is 0. The first-order valence-corrected chi connectivity index (χ1v) is 9.39. The van der Waals surface area contributed by atoms with Crippen LogP contribution in [0.1, 0.15) is 5.56 Å². The van der Waals surface area contributed by atoms with Crippen molar-refractivity contribution in [3.05, 3.63) is 66.2 Å². The van der Waals surface area contributed by atoms with E-state index in [1.807, 2.05) is 0 Å². The molecule has 11 heteroatoms. The van der Waals surface area contributed by atoms with E-state index in [0.29, 0.717) is 10.7 Å². The van der Waals surface area contributed by atoms with E-state index in [1.54, 1.807) is 46.9 Å². The van der Waals surface area contributed by atoms with Gasteiger partial charge in [-0.2, -0.15) is 0 Å². The fraction of sp³-hybridized carbons (Fsp3) is 0. The highest BCUT2D eigenvalue weighted by Crippen LogP contribution is 2.33. The molecular formula is C17H9ClIN3O5S. The Morgan fingerprint density at radius 2 is 1.89 bits per heavy atom. The number of nitrogens with one attached hydrogen (secondary N) is 1. The maximum Gasteiger partial charge on any atom is 0.312 e. The summed E-state index contributed by atoms with van der Waals surface area (Å²) in [6, 6.07) is 8.75. The SMILES string of the molecule is O=C1NC(=S)N(c2ccc(Cl)cc2)C(=O)/C1=C/c1cc(I)c(O)c([N+](=O)[O-])c1. The molecule has 0 saturated carbocycles. The molecule has 2 amide bonds. The van der Waals surface area contributed by atoms with Gasteiger partial charge < -0.3 is 5.11 Å². The number of rotatable bonds is 3. The first-order valence-electron chi connectivity index (χ1n) is 7.53. The van der Waals surface area contributed by atoms with Crippen LogP contribution in [0.3, 0.4) is 0 Å². The monoisotopic (exact) mass is 529 g/mol. The van der Waals surface area contributed by atoms with E-state index < -0.39 is 28.2 Å². The summed E-state index contributed by atoms with van der Waals surface area (Å²) < 4.78 is 0.201. The summed E-state index contributed by atoms with van der Waals surface area (Å²) in [4.78, 5) is 36.7. The Morgan fingerprint density at radius 1 is 1.25 bits per heavy atom.